The van der Waals surface area contributed by atoms with Crippen molar-refractivity contribution < 1.29 is 28.3 Å². The summed E-state index contributed by atoms with van der Waals surface area (Å²) >= 11 is 0. The number of carbonyl (C=O) groups excluding carboxylic acids is 3. The van der Waals surface area contributed by atoms with E-state index in [0.717, 1.165) is 24.0 Å². The summed E-state index contributed by atoms with van der Waals surface area (Å²) in [6.07, 6.45) is 1.24. The van der Waals surface area contributed by atoms with Gasteiger partial charge in [-0.25, -0.2) is 0 Å². The number of anilines is 2. The van der Waals surface area contributed by atoms with Crippen molar-refractivity contribution in [3.05, 3.63) is 95.6 Å². The van der Waals surface area contributed by atoms with Crippen LogP contribution in [0.1, 0.15) is 49.3 Å². The number of nitrogens with zero attached hydrogens (tertiary/aromatic N) is 3. The van der Waals surface area contributed by atoms with E-state index < -0.39 is 31.6 Å². The molecule has 3 aliphatic rings. The second-order valence-corrected chi connectivity index (χ2v) is 17.4. The Bertz CT molecular complexity index is 1620. The fraction of sp³-hybridized carbons (Fsp3) is 0.432. The van der Waals surface area contributed by atoms with Crippen LogP contribution in [0.5, 0.6) is 0 Å². The van der Waals surface area contributed by atoms with Crippen molar-refractivity contribution in [2.75, 3.05) is 29.5 Å². The second kappa shape index (κ2) is 13.3. The van der Waals surface area contributed by atoms with E-state index in [1.54, 1.807) is 27.8 Å². The Morgan fingerprint density at radius 3 is 2.34 bits per heavy atom. The van der Waals surface area contributed by atoms with Crippen molar-refractivity contribution in [3.63, 3.8) is 0 Å². The maximum absolute atomic E-state index is 16.5. The van der Waals surface area contributed by atoms with Crippen LogP contribution in [0.2, 0.25) is 18.6 Å². The molecule has 0 unspecified atom stereocenters. The van der Waals surface area contributed by atoms with Gasteiger partial charge in [0, 0.05) is 48.8 Å². The third-order valence-electron chi connectivity index (χ3n) is 10.1. The number of benzene rings is 3. The van der Waals surface area contributed by atoms with Gasteiger partial charge in [-0.1, -0.05) is 67.6 Å². The van der Waals surface area contributed by atoms with Gasteiger partial charge in [-0.2, -0.15) is 0 Å². The van der Waals surface area contributed by atoms with Crippen LogP contribution >= 0.6 is 0 Å². The normalized spacial score (nSPS) is 24.2. The van der Waals surface area contributed by atoms with Gasteiger partial charge in [-0.05, 0) is 55.3 Å². The van der Waals surface area contributed by atoms with Crippen LogP contribution < -0.4 is 9.80 Å². The fourth-order valence-electron chi connectivity index (χ4n) is 7.92. The zero-order valence-electron chi connectivity index (χ0n) is 27.4. The van der Waals surface area contributed by atoms with Gasteiger partial charge in [0.1, 0.15) is 0 Å². The Labute approximate surface area is 277 Å². The molecule has 3 aromatic rings. The summed E-state index contributed by atoms with van der Waals surface area (Å²) in [4.78, 5) is 46.7. The Hall–Kier alpha value is -3.86. The molecule has 2 fully saturated rings. The average Bonchev–Trinajstić information content (AvgIpc) is 3.48. The first-order chi connectivity index (χ1) is 22.5. The summed E-state index contributed by atoms with van der Waals surface area (Å²) < 4.78 is 23.3. The number of ether oxygens (including phenoxy) is 1. The minimum Gasteiger partial charge on any atom is -0.395 e. The van der Waals surface area contributed by atoms with Crippen LogP contribution in [0.15, 0.2) is 78.9 Å². The van der Waals surface area contributed by atoms with E-state index in [-0.39, 0.29) is 37.3 Å². The standard InChI is InChI=1S/C37H44FN3O5Si/c1-26-35(47(2,3)38)32(23-34(44)39(20-21-42)24-27-12-6-4-7-13-27)46-37(26)30-22-29(40-19-11-10-16-33(40)43)17-18-31(30)41(36(37)45)25-28-14-8-5-9-15-28/h4-9,12-15,17-18,22,26,32,35,42H,10-11,16,19-21,23-25H2,1-3H3/t26-,32+,35-,37+/m0/s1. The largest absolute Gasteiger partial charge is 0.395 e. The number of hydrogen-bond acceptors (Lipinski definition) is 5. The SMILES string of the molecule is C[C@H]1[C@H]([Si](C)(C)F)[C@@H](CC(=O)N(CCO)Cc2ccccc2)O[C@]12C(=O)N(Cc1ccccc1)c1ccc(N3CCCCC3=O)cc12. The molecular formula is C37H44FN3O5Si. The van der Waals surface area contributed by atoms with E-state index in [1.165, 1.54) is 0 Å². The van der Waals surface area contributed by atoms with Crippen molar-refractivity contribution in [1.82, 2.24) is 4.90 Å². The lowest BCUT2D eigenvalue weighted by Crippen LogP contribution is -2.45. The summed E-state index contributed by atoms with van der Waals surface area (Å²) in [6, 6.07) is 24.9. The smallest absolute Gasteiger partial charge is 0.264 e. The Morgan fingerprint density at radius 2 is 1.70 bits per heavy atom. The molecule has 3 aromatic carbocycles. The lowest BCUT2D eigenvalue weighted by molar-refractivity contribution is -0.150. The second-order valence-electron chi connectivity index (χ2n) is 13.6. The molecule has 4 atom stereocenters. The zero-order chi connectivity index (χ0) is 33.3. The predicted octanol–water partition coefficient (Wildman–Crippen LogP) is 5.94. The highest BCUT2D eigenvalue weighted by Crippen LogP contribution is 2.60. The van der Waals surface area contributed by atoms with Crippen molar-refractivity contribution in [3.8, 4) is 0 Å². The molecule has 6 rings (SSSR count). The van der Waals surface area contributed by atoms with E-state index in [0.29, 0.717) is 43.0 Å². The number of halogens is 1. The van der Waals surface area contributed by atoms with E-state index in [2.05, 4.69) is 0 Å². The van der Waals surface area contributed by atoms with Crippen molar-refractivity contribution in [2.24, 2.45) is 5.92 Å². The van der Waals surface area contributed by atoms with Crippen LogP contribution in [0, 0.1) is 5.92 Å². The van der Waals surface area contributed by atoms with Gasteiger partial charge < -0.3 is 28.7 Å². The number of carbonyl (C=O) groups is 3. The summed E-state index contributed by atoms with van der Waals surface area (Å²) in [5.74, 6) is -1.08. The molecule has 1 spiro atoms. The average molecular weight is 658 g/mol. The van der Waals surface area contributed by atoms with Crippen LogP contribution in [-0.2, 0) is 37.8 Å². The molecule has 0 bridgehead atoms. The number of hydrogen-bond donors (Lipinski definition) is 1. The van der Waals surface area contributed by atoms with Gasteiger partial charge in [0.25, 0.3) is 5.91 Å². The summed E-state index contributed by atoms with van der Waals surface area (Å²) in [5, 5.41) is 9.81. The third-order valence-corrected chi connectivity index (χ3v) is 12.5. The van der Waals surface area contributed by atoms with Crippen LogP contribution in [-0.4, -0.2) is 61.9 Å². The van der Waals surface area contributed by atoms with E-state index >= 15 is 4.11 Å². The first kappa shape index (κ1) is 33.1. The van der Waals surface area contributed by atoms with Gasteiger partial charge in [0.2, 0.25) is 20.2 Å². The summed E-state index contributed by atoms with van der Waals surface area (Å²) in [5.41, 5.74) is 1.67. The van der Waals surface area contributed by atoms with Crippen molar-refractivity contribution in [1.29, 1.82) is 0 Å². The van der Waals surface area contributed by atoms with Gasteiger partial charge in [-0.15, -0.1) is 0 Å². The van der Waals surface area contributed by atoms with Crippen LogP contribution in [0.4, 0.5) is 15.5 Å². The minimum absolute atomic E-state index is 0.0390. The van der Waals surface area contributed by atoms with E-state index in [1.807, 2.05) is 85.8 Å². The zero-order valence-corrected chi connectivity index (χ0v) is 28.4. The van der Waals surface area contributed by atoms with Gasteiger partial charge in [-0.3, -0.25) is 14.4 Å². The number of rotatable bonds is 10. The van der Waals surface area contributed by atoms with Crippen molar-refractivity contribution >= 4 is 37.5 Å². The molecule has 0 aromatic heterocycles. The van der Waals surface area contributed by atoms with Crippen LogP contribution in [0.3, 0.4) is 0 Å². The molecule has 10 heteroatoms. The monoisotopic (exact) mass is 657 g/mol. The molecule has 0 radical (unpaired) electrons. The fourth-order valence-corrected chi connectivity index (χ4v) is 10.4. The first-order valence-electron chi connectivity index (χ1n) is 16.6. The highest BCUT2D eigenvalue weighted by atomic mass is 28.4. The molecule has 3 heterocycles. The molecule has 1 N–H and O–H groups in total. The Balaban J connectivity index is 1.40. The van der Waals surface area contributed by atoms with Crippen molar-refractivity contribution in [2.45, 2.75) is 76.0 Å². The molecule has 3 aliphatic heterocycles. The highest BCUT2D eigenvalue weighted by molar-refractivity contribution is 6.72. The third kappa shape index (κ3) is 6.26. The molecule has 47 heavy (non-hydrogen) atoms. The van der Waals surface area contributed by atoms with Gasteiger partial charge >= 0.3 is 0 Å². The Kier molecular flexibility index (Phi) is 9.38. The molecule has 3 amide bonds. The molecule has 0 saturated carbocycles. The lowest BCUT2D eigenvalue weighted by atomic mass is 9.82. The predicted molar refractivity (Wildman–Crippen MR) is 182 cm³/mol. The molecule has 0 aliphatic carbocycles. The quantitative estimate of drug-likeness (QED) is 0.216. The molecule has 2 saturated heterocycles. The summed E-state index contributed by atoms with van der Waals surface area (Å²) in [6.45, 7) is 6.23. The number of aliphatic hydroxyl groups is 1. The maximum Gasteiger partial charge on any atom is 0.264 e. The van der Waals surface area contributed by atoms with E-state index in [9.17, 15) is 19.5 Å². The number of piperidine rings is 1. The molecular weight excluding hydrogens is 614 g/mol. The van der Waals surface area contributed by atoms with Gasteiger partial charge in [0.05, 0.1) is 31.4 Å². The van der Waals surface area contributed by atoms with E-state index in [4.69, 9.17) is 4.74 Å². The molecule has 8 nitrogen and oxygen atoms in total. The van der Waals surface area contributed by atoms with Crippen LogP contribution in [0.25, 0.3) is 0 Å². The Morgan fingerprint density at radius 1 is 1.02 bits per heavy atom. The summed E-state index contributed by atoms with van der Waals surface area (Å²) in [7, 11) is -3.52. The first-order valence-corrected chi connectivity index (χ1v) is 19.6. The minimum atomic E-state index is -3.52. The molecule has 248 valence electrons. The number of aliphatic hydroxyl groups excluding tert-OH is 1. The maximum atomic E-state index is 16.5. The lowest BCUT2D eigenvalue weighted by Gasteiger charge is -2.32. The number of amides is 3. The number of fused-ring (bicyclic) bond motifs is 2. The topological polar surface area (TPSA) is 90.4 Å². The van der Waals surface area contributed by atoms with Gasteiger partial charge in [0.15, 0.2) is 5.60 Å². The highest BCUT2D eigenvalue weighted by Gasteiger charge is 2.67.